The first-order valence-corrected chi connectivity index (χ1v) is 8.39. The molecule has 1 aliphatic heterocycles. The standard InChI is InChI=1S/C17H19F4N3O/c1-25-16(9-3-2-4-10(16)8-22-7-9)12-5-11(18)6-13-14(12)15(24-23-13)17(19,20)21/h5-6,9-10,22H,2-4,7-8H2,1H3,(H,23,24). The minimum Gasteiger partial charge on any atom is -0.373 e. The number of hydrogen-bond donors (Lipinski definition) is 2. The Morgan fingerprint density at radius 1 is 1.20 bits per heavy atom. The zero-order valence-electron chi connectivity index (χ0n) is 13.7. The zero-order chi connectivity index (χ0) is 17.8. The van der Waals surface area contributed by atoms with Crippen LogP contribution >= 0.6 is 0 Å². The first-order valence-electron chi connectivity index (χ1n) is 8.39. The number of piperidine rings is 1. The van der Waals surface area contributed by atoms with Gasteiger partial charge in [0, 0.05) is 37.4 Å². The third-order valence-corrected chi connectivity index (χ3v) is 5.75. The maximum absolute atomic E-state index is 14.2. The Balaban J connectivity index is 2.03. The normalized spacial score (nSPS) is 30.0. The lowest BCUT2D eigenvalue weighted by molar-refractivity contribution is -0.146. The van der Waals surface area contributed by atoms with E-state index < -0.39 is 23.3 Å². The van der Waals surface area contributed by atoms with Crippen LogP contribution in [0.3, 0.4) is 0 Å². The molecule has 25 heavy (non-hydrogen) atoms. The van der Waals surface area contributed by atoms with Crippen LogP contribution in [0.2, 0.25) is 0 Å². The van der Waals surface area contributed by atoms with E-state index >= 15 is 0 Å². The summed E-state index contributed by atoms with van der Waals surface area (Å²) in [5, 5.41) is 9.03. The SMILES string of the molecule is COC1(c2cc(F)cc3[nH]nc(C(F)(F)F)c23)C2CCCC1CNC2. The van der Waals surface area contributed by atoms with Crippen LogP contribution in [-0.2, 0) is 16.5 Å². The number of rotatable bonds is 2. The molecule has 0 radical (unpaired) electrons. The number of benzene rings is 1. The van der Waals surface area contributed by atoms with Crippen molar-refractivity contribution < 1.29 is 22.3 Å². The Bertz CT molecular complexity index is 779. The molecular weight excluding hydrogens is 338 g/mol. The summed E-state index contributed by atoms with van der Waals surface area (Å²) < 4.78 is 60.6. The number of nitrogens with one attached hydrogen (secondary N) is 2. The number of hydrogen-bond acceptors (Lipinski definition) is 3. The van der Waals surface area contributed by atoms with Crippen molar-refractivity contribution in [3.8, 4) is 0 Å². The molecule has 2 unspecified atom stereocenters. The fourth-order valence-corrected chi connectivity index (χ4v) is 4.83. The van der Waals surface area contributed by atoms with Crippen molar-refractivity contribution in [1.82, 2.24) is 15.5 Å². The summed E-state index contributed by atoms with van der Waals surface area (Å²) in [6.45, 7) is 1.28. The van der Waals surface area contributed by atoms with Gasteiger partial charge in [-0.2, -0.15) is 18.3 Å². The predicted molar refractivity (Wildman–Crippen MR) is 83.4 cm³/mol. The summed E-state index contributed by atoms with van der Waals surface area (Å²) >= 11 is 0. The number of alkyl halides is 3. The smallest absolute Gasteiger partial charge is 0.373 e. The third-order valence-electron chi connectivity index (χ3n) is 5.75. The van der Waals surface area contributed by atoms with Crippen molar-refractivity contribution >= 4 is 10.9 Å². The van der Waals surface area contributed by atoms with Gasteiger partial charge in [-0.1, -0.05) is 6.42 Å². The summed E-state index contributed by atoms with van der Waals surface area (Å²) in [6.07, 6.45) is -1.97. The average molecular weight is 357 g/mol. The van der Waals surface area contributed by atoms with Gasteiger partial charge in [0.05, 0.1) is 5.52 Å². The number of nitrogens with zero attached hydrogens (tertiary/aromatic N) is 1. The Morgan fingerprint density at radius 3 is 2.48 bits per heavy atom. The van der Waals surface area contributed by atoms with E-state index in [0.717, 1.165) is 25.3 Å². The highest BCUT2D eigenvalue weighted by atomic mass is 19.4. The Hall–Kier alpha value is -1.67. The van der Waals surface area contributed by atoms with Gasteiger partial charge in [0.25, 0.3) is 0 Å². The average Bonchev–Trinajstić information content (AvgIpc) is 2.96. The van der Waals surface area contributed by atoms with Gasteiger partial charge in [-0.15, -0.1) is 0 Å². The molecule has 2 atom stereocenters. The number of aromatic amines is 1. The number of fused-ring (bicyclic) bond motifs is 3. The van der Waals surface area contributed by atoms with Gasteiger partial charge in [-0.25, -0.2) is 4.39 Å². The van der Waals surface area contributed by atoms with Gasteiger partial charge >= 0.3 is 6.18 Å². The molecule has 136 valence electrons. The van der Waals surface area contributed by atoms with Crippen LogP contribution < -0.4 is 5.32 Å². The lowest BCUT2D eigenvalue weighted by Gasteiger charge is -2.52. The predicted octanol–water partition coefficient (Wildman–Crippen LogP) is 3.58. The molecule has 1 saturated heterocycles. The summed E-state index contributed by atoms with van der Waals surface area (Å²) in [5.74, 6) is -0.607. The molecular formula is C17H19F4N3O. The number of H-pyrrole nitrogens is 1. The van der Waals surface area contributed by atoms with Gasteiger partial charge < -0.3 is 10.1 Å². The highest BCUT2D eigenvalue weighted by Gasteiger charge is 2.53. The second-order valence-corrected chi connectivity index (χ2v) is 6.93. The van der Waals surface area contributed by atoms with Crippen LogP contribution in [0.15, 0.2) is 12.1 Å². The minimum atomic E-state index is -4.62. The maximum Gasteiger partial charge on any atom is 0.435 e. The highest BCUT2D eigenvalue weighted by Crippen LogP contribution is 2.52. The Morgan fingerprint density at radius 2 is 1.88 bits per heavy atom. The van der Waals surface area contributed by atoms with Gasteiger partial charge in [0.15, 0.2) is 5.69 Å². The van der Waals surface area contributed by atoms with Crippen molar-refractivity contribution in [2.45, 2.75) is 31.0 Å². The summed E-state index contributed by atoms with van der Waals surface area (Å²) in [5.41, 5.74) is -1.63. The lowest BCUT2D eigenvalue weighted by atomic mass is 9.62. The zero-order valence-corrected chi connectivity index (χ0v) is 13.7. The molecule has 2 aromatic rings. The van der Waals surface area contributed by atoms with E-state index in [1.807, 2.05) is 0 Å². The molecule has 1 aromatic heterocycles. The van der Waals surface area contributed by atoms with Gasteiger partial charge in [-0.05, 0) is 30.5 Å². The second kappa shape index (κ2) is 5.67. The molecule has 1 saturated carbocycles. The van der Waals surface area contributed by atoms with Crippen LogP contribution in [0.5, 0.6) is 0 Å². The van der Waals surface area contributed by atoms with E-state index in [-0.39, 0.29) is 28.3 Å². The number of methoxy groups -OCH3 is 1. The monoisotopic (exact) mass is 357 g/mol. The molecule has 4 rings (SSSR count). The van der Waals surface area contributed by atoms with Crippen LogP contribution in [0.1, 0.15) is 30.5 Å². The lowest BCUT2D eigenvalue weighted by Crippen LogP contribution is -2.58. The van der Waals surface area contributed by atoms with Gasteiger partial charge in [-0.3, -0.25) is 5.10 Å². The molecule has 2 bridgehead atoms. The fraction of sp³-hybridized carbons (Fsp3) is 0.588. The molecule has 0 spiro atoms. The van der Waals surface area contributed by atoms with Crippen LogP contribution in [-0.4, -0.2) is 30.4 Å². The largest absolute Gasteiger partial charge is 0.435 e. The van der Waals surface area contributed by atoms with E-state index in [4.69, 9.17) is 4.74 Å². The maximum atomic E-state index is 14.2. The van der Waals surface area contributed by atoms with Crippen LogP contribution in [0.25, 0.3) is 10.9 Å². The van der Waals surface area contributed by atoms with E-state index in [9.17, 15) is 17.6 Å². The topological polar surface area (TPSA) is 49.9 Å². The highest BCUT2D eigenvalue weighted by molar-refractivity contribution is 5.86. The molecule has 8 heteroatoms. The molecule has 1 aliphatic carbocycles. The Labute approximate surface area is 141 Å². The van der Waals surface area contributed by atoms with E-state index in [1.165, 1.54) is 13.2 Å². The third kappa shape index (κ3) is 2.38. The van der Waals surface area contributed by atoms with Crippen molar-refractivity contribution in [3.05, 3.63) is 29.2 Å². The van der Waals surface area contributed by atoms with Crippen LogP contribution in [0, 0.1) is 17.7 Å². The van der Waals surface area contributed by atoms with Crippen molar-refractivity contribution in [2.75, 3.05) is 20.2 Å². The Kier molecular flexibility index (Phi) is 3.81. The van der Waals surface area contributed by atoms with E-state index in [1.54, 1.807) is 0 Å². The minimum absolute atomic E-state index is 0.00835. The van der Waals surface area contributed by atoms with Crippen LogP contribution in [0.4, 0.5) is 17.6 Å². The molecule has 0 amide bonds. The first kappa shape index (κ1) is 16.8. The van der Waals surface area contributed by atoms with E-state index in [0.29, 0.717) is 13.1 Å². The summed E-state index contributed by atoms with van der Waals surface area (Å²) in [6, 6.07) is 2.26. The van der Waals surface area contributed by atoms with E-state index in [2.05, 4.69) is 15.5 Å². The summed E-state index contributed by atoms with van der Waals surface area (Å²) in [7, 11) is 1.51. The molecule has 2 heterocycles. The first-order chi connectivity index (χ1) is 11.9. The molecule has 2 aliphatic rings. The fourth-order valence-electron chi connectivity index (χ4n) is 4.83. The number of aromatic nitrogens is 2. The molecule has 4 nitrogen and oxygen atoms in total. The summed E-state index contributed by atoms with van der Waals surface area (Å²) in [4.78, 5) is 0. The number of ether oxygens (including phenoxy) is 1. The van der Waals surface area contributed by atoms with Crippen molar-refractivity contribution in [1.29, 1.82) is 0 Å². The van der Waals surface area contributed by atoms with Gasteiger partial charge in [0.2, 0.25) is 0 Å². The number of halogens is 4. The molecule has 2 fully saturated rings. The second-order valence-electron chi connectivity index (χ2n) is 6.93. The quantitative estimate of drug-likeness (QED) is 0.808. The molecule has 2 N–H and O–H groups in total. The van der Waals surface area contributed by atoms with Gasteiger partial charge in [0.1, 0.15) is 11.4 Å². The molecule has 1 aromatic carbocycles. The van der Waals surface area contributed by atoms with Crippen molar-refractivity contribution in [2.24, 2.45) is 11.8 Å². The van der Waals surface area contributed by atoms with Crippen molar-refractivity contribution in [3.63, 3.8) is 0 Å².